The first kappa shape index (κ1) is 18.2. The molecule has 0 spiro atoms. The molecule has 0 aromatic heterocycles. The number of hydrogen-bond donors (Lipinski definition) is 1. The van der Waals surface area contributed by atoms with Crippen molar-refractivity contribution in [2.75, 3.05) is 32.8 Å². The van der Waals surface area contributed by atoms with Gasteiger partial charge in [-0.3, -0.25) is 4.79 Å². The van der Waals surface area contributed by atoms with Crippen molar-refractivity contribution in [1.82, 2.24) is 15.1 Å². The number of ether oxygens (including phenoxy) is 1. The molecular weight excluding hydrogens is 356 g/mol. The Bertz CT molecular complexity index is 719. The number of urea groups is 1. The minimum absolute atomic E-state index is 0.0217. The van der Waals surface area contributed by atoms with Gasteiger partial charge in [-0.2, -0.15) is 0 Å². The minimum Gasteiger partial charge on any atom is -0.366 e. The topological polar surface area (TPSA) is 61.9 Å². The summed E-state index contributed by atoms with van der Waals surface area (Å²) in [7, 11) is 0. The fourth-order valence-corrected chi connectivity index (χ4v) is 4.10. The second-order valence-electron chi connectivity index (χ2n) is 7.55. The predicted octanol–water partition coefficient (Wildman–Crippen LogP) is 1.54. The van der Waals surface area contributed by atoms with Crippen molar-refractivity contribution in [3.63, 3.8) is 0 Å². The van der Waals surface area contributed by atoms with E-state index in [0.29, 0.717) is 45.4 Å². The Kier molecular flexibility index (Phi) is 4.99. The maximum Gasteiger partial charge on any atom is 0.320 e. The van der Waals surface area contributed by atoms with E-state index in [0.717, 1.165) is 0 Å². The number of carbonyl (C=O) groups is 2. The van der Waals surface area contributed by atoms with Crippen LogP contribution in [0.2, 0.25) is 0 Å². The number of piperidine rings is 1. The monoisotopic (exact) mass is 379 g/mol. The molecule has 0 bridgehead atoms. The highest BCUT2D eigenvalue weighted by Gasteiger charge is 2.39. The van der Waals surface area contributed by atoms with Gasteiger partial charge in [-0.05, 0) is 37.3 Å². The summed E-state index contributed by atoms with van der Waals surface area (Å²) in [6, 6.07) is 3.71. The molecule has 3 aliphatic heterocycles. The lowest BCUT2D eigenvalue weighted by molar-refractivity contribution is -0.139. The highest BCUT2D eigenvalue weighted by molar-refractivity contribution is 5.79. The van der Waals surface area contributed by atoms with E-state index in [1.807, 2.05) is 0 Å². The smallest absolute Gasteiger partial charge is 0.320 e. The summed E-state index contributed by atoms with van der Waals surface area (Å²) >= 11 is 0. The van der Waals surface area contributed by atoms with Crippen molar-refractivity contribution < 1.29 is 23.1 Å². The molecule has 3 fully saturated rings. The van der Waals surface area contributed by atoms with Gasteiger partial charge in [0.2, 0.25) is 5.91 Å². The average Bonchev–Trinajstić information content (AvgIpc) is 2.61. The molecule has 0 saturated carbocycles. The number of halogens is 2. The van der Waals surface area contributed by atoms with Gasteiger partial charge in [0.25, 0.3) is 0 Å². The Morgan fingerprint density at radius 2 is 1.93 bits per heavy atom. The maximum atomic E-state index is 13.7. The van der Waals surface area contributed by atoms with Crippen molar-refractivity contribution in [2.45, 2.75) is 31.4 Å². The number of nitrogens with zero attached hydrogens (tertiary/aromatic N) is 2. The van der Waals surface area contributed by atoms with E-state index in [4.69, 9.17) is 4.74 Å². The number of fused-ring (bicyclic) bond motifs is 1. The Labute approximate surface area is 156 Å². The summed E-state index contributed by atoms with van der Waals surface area (Å²) < 4.78 is 32.9. The van der Waals surface area contributed by atoms with Gasteiger partial charge in [0.1, 0.15) is 18.2 Å². The molecular formula is C19H23F2N3O3. The highest BCUT2D eigenvalue weighted by atomic mass is 19.1. The lowest BCUT2D eigenvalue weighted by Crippen LogP contribution is -2.64. The number of morpholine rings is 1. The SMILES string of the molecule is O=C1CO[C@H]2CCN(C(=O)N3CC(CCc4c(F)cccc4F)C3)C[C@H]2N1. The molecule has 1 aromatic rings. The summed E-state index contributed by atoms with van der Waals surface area (Å²) in [5, 5.41) is 2.89. The predicted molar refractivity (Wildman–Crippen MR) is 93.0 cm³/mol. The van der Waals surface area contributed by atoms with E-state index in [1.54, 1.807) is 9.80 Å². The molecule has 0 radical (unpaired) electrons. The van der Waals surface area contributed by atoms with Gasteiger partial charge < -0.3 is 19.9 Å². The van der Waals surface area contributed by atoms with Crippen LogP contribution in [-0.4, -0.2) is 66.7 Å². The number of hydrogen-bond acceptors (Lipinski definition) is 3. The second kappa shape index (κ2) is 7.42. The van der Waals surface area contributed by atoms with Gasteiger partial charge in [0.15, 0.2) is 0 Å². The Morgan fingerprint density at radius 3 is 2.67 bits per heavy atom. The molecule has 27 heavy (non-hydrogen) atoms. The minimum atomic E-state index is -0.512. The number of benzene rings is 1. The molecule has 3 aliphatic rings. The van der Waals surface area contributed by atoms with Crippen molar-refractivity contribution >= 4 is 11.9 Å². The van der Waals surface area contributed by atoms with E-state index in [2.05, 4.69) is 5.32 Å². The van der Waals surface area contributed by atoms with Crippen LogP contribution in [0.3, 0.4) is 0 Å². The third-order valence-electron chi connectivity index (χ3n) is 5.69. The largest absolute Gasteiger partial charge is 0.366 e. The maximum absolute atomic E-state index is 13.7. The van der Waals surface area contributed by atoms with Crippen molar-refractivity contribution in [3.8, 4) is 0 Å². The van der Waals surface area contributed by atoms with Crippen molar-refractivity contribution in [1.29, 1.82) is 0 Å². The Balaban J connectivity index is 1.25. The van der Waals surface area contributed by atoms with E-state index < -0.39 is 11.6 Å². The van der Waals surface area contributed by atoms with Crippen molar-refractivity contribution in [3.05, 3.63) is 35.4 Å². The number of nitrogens with one attached hydrogen (secondary N) is 1. The van der Waals surface area contributed by atoms with E-state index >= 15 is 0 Å². The fourth-order valence-electron chi connectivity index (χ4n) is 4.10. The number of amides is 3. The number of likely N-dealkylation sites (tertiary alicyclic amines) is 2. The zero-order valence-corrected chi connectivity index (χ0v) is 15.0. The molecule has 4 rings (SSSR count). The molecule has 8 heteroatoms. The van der Waals surface area contributed by atoms with Gasteiger partial charge >= 0.3 is 6.03 Å². The van der Waals surface area contributed by atoms with E-state index in [-0.39, 0.29) is 42.2 Å². The molecule has 6 nitrogen and oxygen atoms in total. The summed E-state index contributed by atoms with van der Waals surface area (Å²) in [5.41, 5.74) is 0.123. The quantitative estimate of drug-likeness (QED) is 0.867. The van der Waals surface area contributed by atoms with Crippen LogP contribution in [0.25, 0.3) is 0 Å². The molecule has 1 N–H and O–H groups in total. The van der Waals surface area contributed by atoms with Crippen LogP contribution in [0.4, 0.5) is 13.6 Å². The lowest BCUT2D eigenvalue weighted by Gasteiger charge is -2.46. The van der Waals surface area contributed by atoms with E-state index in [1.165, 1.54) is 18.2 Å². The average molecular weight is 379 g/mol. The molecule has 3 amide bonds. The third kappa shape index (κ3) is 3.76. The van der Waals surface area contributed by atoms with Crippen LogP contribution < -0.4 is 5.32 Å². The van der Waals surface area contributed by atoms with Crippen LogP contribution in [0, 0.1) is 17.6 Å². The van der Waals surface area contributed by atoms with Crippen LogP contribution in [0.15, 0.2) is 18.2 Å². The molecule has 0 unspecified atom stereocenters. The van der Waals surface area contributed by atoms with Crippen LogP contribution >= 0.6 is 0 Å². The van der Waals surface area contributed by atoms with Gasteiger partial charge in [0.05, 0.1) is 12.1 Å². The van der Waals surface area contributed by atoms with Crippen LogP contribution in [0.5, 0.6) is 0 Å². The number of rotatable bonds is 3. The molecule has 3 saturated heterocycles. The Hall–Kier alpha value is -2.22. The molecule has 0 aliphatic carbocycles. The first-order chi connectivity index (χ1) is 13.0. The lowest BCUT2D eigenvalue weighted by atomic mass is 9.92. The molecule has 1 aromatic carbocycles. The summed E-state index contributed by atoms with van der Waals surface area (Å²) in [6.07, 6.45) is 1.67. The van der Waals surface area contributed by atoms with Crippen LogP contribution in [-0.2, 0) is 16.0 Å². The van der Waals surface area contributed by atoms with Crippen LogP contribution in [0.1, 0.15) is 18.4 Å². The van der Waals surface area contributed by atoms with Gasteiger partial charge in [-0.25, -0.2) is 13.6 Å². The first-order valence-corrected chi connectivity index (χ1v) is 9.39. The van der Waals surface area contributed by atoms with Crippen molar-refractivity contribution in [2.24, 2.45) is 5.92 Å². The summed E-state index contributed by atoms with van der Waals surface area (Å²) in [6.45, 7) is 2.35. The van der Waals surface area contributed by atoms with E-state index in [9.17, 15) is 18.4 Å². The molecule has 146 valence electrons. The third-order valence-corrected chi connectivity index (χ3v) is 5.69. The fraction of sp³-hybridized carbons (Fsp3) is 0.579. The zero-order valence-electron chi connectivity index (χ0n) is 15.0. The molecule has 3 heterocycles. The van der Waals surface area contributed by atoms with Gasteiger partial charge in [0, 0.05) is 31.7 Å². The summed E-state index contributed by atoms with van der Waals surface area (Å²) in [5.74, 6) is -0.915. The molecule has 2 atom stereocenters. The Morgan fingerprint density at radius 1 is 1.19 bits per heavy atom. The van der Waals surface area contributed by atoms with Gasteiger partial charge in [-0.15, -0.1) is 0 Å². The standard InChI is InChI=1S/C19H23F2N3O3/c20-14-2-1-3-15(21)13(14)5-4-12-8-24(9-12)19(26)23-7-6-17-16(10-23)22-18(25)11-27-17/h1-3,12,16-17H,4-11H2,(H,22,25)/t16-,17+/m1/s1. The summed E-state index contributed by atoms with van der Waals surface area (Å²) in [4.78, 5) is 27.6. The first-order valence-electron chi connectivity index (χ1n) is 9.39. The number of carbonyl (C=O) groups excluding carboxylic acids is 2. The second-order valence-corrected chi connectivity index (χ2v) is 7.55. The van der Waals surface area contributed by atoms with Gasteiger partial charge in [-0.1, -0.05) is 6.07 Å². The normalized spacial score (nSPS) is 25.6. The zero-order chi connectivity index (χ0) is 19.0. The highest BCUT2D eigenvalue weighted by Crippen LogP contribution is 2.26.